The van der Waals surface area contributed by atoms with Crippen LogP contribution in [0.25, 0.3) is 17.2 Å². The highest BCUT2D eigenvalue weighted by Gasteiger charge is 2.24. The second kappa shape index (κ2) is 5.90. The van der Waals surface area contributed by atoms with E-state index in [2.05, 4.69) is 51.5 Å². The molecule has 4 heterocycles. The molecule has 10 nitrogen and oxygen atoms in total. The standard InChI is InChI=1S/C16H18N8O2/c1-16(2,3)11-7-13(25-9-10-8-17-22-23(10)4)20-24-14(11)18-19-15(24)12-5-6-26-21-12/h5-8H,9H2,1-4H3. The van der Waals surface area contributed by atoms with Crippen LogP contribution in [0, 0.1) is 0 Å². The van der Waals surface area contributed by atoms with Gasteiger partial charge in [-0.05, 0) is 5.41 Å². The van der Waals surface area contributed by atoms with Crippen LogP contribution in [-0.2, 0) is 19.1 Å². The van der Waals surface area contributed by atoms with Crippen LogP contribution >= 0.6 is 0 Å². The highest BCUT2D eigenvalue weighted by Crippen LogP contribution is 2.30. The first-order valence-corrected chi connectivity index (χ1v) is 8.07. The molecule has 0 radical (unpaired) electrons. The van der Waals surface area contributed by atoms with E-state index < -0.39 is 0 Å². The van der Waals surface area contributed by atoms with Crippen LogP contribution in [0.15, 0.2) is 29.1 Å². The van der Waals surface area contributed by atoms with Gasteiger partial charge in [0.2, 0.25) is 11.7 Å². The van der Waals surface area contributed by atoms with Crippen molar-refractivity contribution in [2.75, 3.05) is 0 Å². The van der Waals surface area contributed by atoms with Gasteiger partial charge < -0.3 is 9.26 Å². The molecule has 0 bridgehead atoms. The third kappa shape index (κ3) is 2.79. The number of hydrogen-bond donors (Lipinski definition) is 0. The highest BCUT2D eigenvalue weighted by atomic mass is 16.5. The summed E-state index contributed by atoms with van der Waals surface area (Å²) < 4.78 is 14.1. The van der Waals surface area contributed by atoms with Gasteiger partial charge in [0, 0.05) is 24.7 Å². The van der Waals surface area contributed by atoms with Crippen LogP contribution in [0.5, 0.6) is 5.88 Å². The Morgan fingerprint density at radius 2 is 2.08 bits per heavy atom. The Morgan fingerprint density at radius 1 is 1.23 bits per heavy atom. The fourth-order valence-electron chi connectivity index (χ4n) is 2.56. The maximum Gasteiger partial charge on any atom is 0.232 e. The number of rotatable bonds is 4. The minimum atomic E-state index is -0.176. The molecule has 0 unspecified atom stereocenters. The molecule has 0 aliphatic carbocycles. The van der Waals surface area contributed by atoms with Gasteiger partial charge in [0.05, 0.1) is 11.9 Å². The summed E-state index contributed by atoms with van der Waals surface area (Å²) in [5, 5.41) is 24.7. The monoisotopic (exact) mass is 354 g/mol. The average molecular weight is 354 g/mol. The molecule has 0 spiro atoms. The van der Waals surface area contributed by atoms with Gasteiger partial charge in [-0.15, -0.1) is 20.4 Å². The molecular formula is C16H18N8O2. The highest BCUT2D eigenvalue weighted by molar-refractivity contribution is 5.59. The number of aromatic nitrogens is 8. The second-order valence-electron chi connectivity index (χ2n) is 6.93. The summed E-state index contributed by atoms with van der Waals surface area (Å²) >= 11 is 0. The minimum Gasteiger partial charge on any atom is -0.470 e. The number of fused-ring (bicyclic) bond motifs is 1. The molecule has 0 amide bonds. The van der Waals surface area contributed by atoms with Gasteiger partial charge in [-0.1, -0.05) is 31.1 Å². The van der Waals surface area contributed by atoms with Gasteiger partial charge in [-0.3, -0.25) is 0 Å². The molecule has 10 heteroatoms. The molecule has 0 saturated heterocycles. The Balaban J connectivity index is 1.80. The van der Waals surface area contributed by atoms with Crippen molar-refractivity contribution in [3.05, 3.63) is 35.9 Å². The van der Waals surface area contributed by atoms with Gasteiger partial charge in [0.25, 0.3) is 0 Å². The molecule has 4 rings (SSSR count). The smallest absolute Gasteiger partial charge is 0.232 e. The van der Waals surface area contributed by atoms with E-state index in [-0.39, 0.29) is 5.41 Å². The van der Waals surface area contributed by atoms with Crippen LogP contribution < -0.4 is 4.74 Å². The van der Waals surface area contributed by atoms with Crippen LogP contribution in [0.4, 0.5) is 0 Å². The molecule has 4 aromatic rings. The average Bonchev–Trinajstić information content (AvgIpc) is 3.31. The summed E-state index contributed by atoms with van der Waals surface area (Å²) in [7, 11) is 1.81. The normalized spacial score (nSPS) is 12.0. The summed E-state index contributed by atoms with van der Waals surface area (Å²) in [5.41, 5.74) is 2.84. The number of ether oxygens (including phenoxy) is 1. The molecular weight excluding hydrogens is 336 g/mol. The molecule has 0 atom stereocenters. The van der Waals surface area contributed by atoms with Crippen LogP contribution in [0.1, 0.15) is 32.0 Å². The Bertz CT molecular complexity index is 1040. The second-order valence-corrected chi connectivity index (χ2v) is 6.93. The summed E-state index contributed by atoms with van der Waals surface area (Å²) in [4.78, 5) is 0. The van der Waals surface area contributed by atoms with Gasteiger partial charge in [-0.2, -0.15) is 4.52 Å². The Kier molecular flexibility index (Phi) is 3.67. The minimum absolute atomic E-state index is 0.176. The molecule has 0 aromatic carbocycles. The lowest BCUT2D eigenvalue weighted by Crippen LogP contribution is -2.15. The lowest BCUT2D eigenvalue weighted by molar-refractivity contribution is 0.278. The van der Waals surface area contributed by atoms with Crippen molar-refractivity contribution in [2.24, 2.45) is 7.05 Å². The molecule has 0 N–H and O–H groups in total. The zero-order chi connectivity index (χ0) is 18.3. The Hall–Kier alpha value is -3.30. The Labute approximate surface area is 148 Å². The predicted molar refractivity (Wildman–Crippen MR) is 90.3 cm³/mol. The summed E-state index contributed by atoms with van der Waals surface area (Å²) in [5.74, 6) is 0.945. The predicted octanol–water partition coefficient (Wildman–Crippen LogP) is 1.78. The molecule has 134 valence electrons. The van der Waals surface area contributed by atoms with Gasteiger partial charge >= 0.3 is 0 Å². The SMILES string of the molecule is Cn1nncc1COc1cc(C(C)(C)C)c2nnc(-c3ccon3)n2n1. The van der Waals surface area contributed by atoms with E-state index in [0.29, 0.717) is 29.7 Å². The van der Waals surface area contributed by atoms with Gasteiger partial charge in [0.1, 0.15) is 12.9 Å². The van der Waals surface area contributed by atoms with E-state index in [0.717, 1.165) is 11.3 Å². The molecule has 0 fully saturated rings. The van der Waals surface area contributed by atoms with E-state index >= 15 is 0 Å². The molecule has 26 heavy (non-hydrogen) atoms. The summed E-state index contributed by atoms with van der Waals surface area (Å²) in [6.45, 7) is 6.60. The maximum absolute atomic E-state index is 5.88. The first-order chi connectivity index (χ1) is 12.4. The lowest BCUT2D eigenvalue weighted by atomic mass is 9.88. The first kappa shape index (κ1) is 16.2. The summed E-state index contributed by atoms with van der Waals surface area (Å²) in [6, 6.07) is 3.60. The third-order valence-electron chi connectivity index (χ3n) is 4.00. The van der Waals surface area contributed by atoms with Crippen molar-refractivity contribution in [1.29, 1.82) is 0 Å². The van der Waals surface area contributed by atoms with E-state index in [9.17, 15) is 0 Å². The van der Waals surface area contributed by atoms with E-state index in [1.54, 1.807) is 21.5 Å². The molecule has 0 aliphatic heterocycles. The van der Waals surface area contributed by atoms with Crippen LogP contribution in [0.3, 0.4) is 0 Å². The van der Waals surface area contributed by atoms with E-state index in [4.69, 9.17) is 9.26 Å². The van der Waals surface area contributed by atoms with Crippen molar-refractivity contribution in [2.45, 2.75) is 32.8 Å². The lowest BCUT2D eigenvalue weighted by Gasteiger charge is -2.20. The van der Waals surface area contributed by atoms with Crippen molar-refractivity contribution in [1.82, 2.24) is 40.0 Å². The van der Waals surface area contributed by atoms with Crippen molar-refractivity contribution >= 4 is 5.65 Å². The van der Waals surface area contributed by atoms with Crippen LogP contribution in [0.2, 0.25) is 0 Å². The van der Waals surface area contributed by atoms with Crippen molar-refractivity contribution in [3.63, 3.8) is 0 Å². The molecule has 0 aliphatic rings. The third-order valence-corrected chi connectivity index (χ3v) is 4.00. The maximum atomic E-state index is 5.88. The zero-order valence-electron chi connectivity index (χ0n) is 14.9. The fourth-order valence-corrected chi connectivity index (χ4v) is 2.56. The zero-order valence-corrected chi connectivity index (χ0v) is 14.9. The summed E-state index contributed by atoms with van der Waals surface area (Å²) in [6.07, 6.45) is 3.14. The number of hydrogen-bond acceptors (Lipinski definition) is 8. The first-order valence-electron chi connectivity index (χ1n) is 8.07. The van der Waals surface area contributed by atoms with Gasteiger partial charge in [0.15, 0.2) is 11.3 Å². The fraction of sp³-hybridized carbons (Fsp3) is 0.375. The van der Waals surface area contributed by atoms with Crippen LogP contribution in [-0.4, -0.2) is 40.0 Å². The topological polar surface area (TPSA) is 109 Å². The largest absolute Gasteiger partial charge is 0.470 e. The van der Waals surface area contributed by atoms with E-state index in [1.165, 1.54) is 6.26 Å². The van der Waals surface area contributed by atoms with Crippen molar-refractivity contribution < 1.29 is 9.26 Å². The molecule has 0 saturated carbocycles. The van der Waals surface area contributed by atoms with Gasteiger partial charge in [-0.25, -0.2) is 4.68 Å². The number of aryl methyl sites for hydroxylation is 1. The quantitative estimate of drug-likeness (QED) is 0.545. The number of nitrogens with zero attached hydrogens (tertiary/aromatic N) is 8. The Morgan fingerprint density at radius 3 is 2.73 bits per heavy atom. The van der Waals surface area contributed by atoms with E-state index in [1.807, 2.05) is 13.1 Å². The molecule has 4 aromatic heterocycles. The van der Waals surface area contributed by atoms with Crippen molar-refractivity contribution in [3.8, 4) is 17.4 Å².